The topological polar surface area (TPSA) is 110 Å². The predicted octanol–water partition coefficient (Wildman–Crippen LogP) is 0.309. The number of hydrogen-bond donors (Lipinski definition) is 2. The first kappa shape index (κ1) is 17.1. The molecule has 0 unspecified atom stereocenters. The van der Waals surface area contributed by atoms with Gasteiger partial charge in [-0.3, -0.25) is 4.72 Å². The summed E-state index contributed by atoms with van der Waals surface area (Å²) in [6, 6.07) is 2.86. The van der Waals surface area contributed by atoms with Gasteiger partial charge in [-0.2, -0.15) is 4.31 Å². The highest BCUT2D eigenvalue weighted by Crippen LogP contribution is 2.24. The first-order chi connectivity index (χ1) is 10.2. The van der Waals surface area contributed by atoms with Crippen LogP contribution in [0.15, 0.2) is 23.1 Å². The van der Waals surface area contributed by atoms with Crippen molar-refractivity contribution in [2.75, 3.05) is 23.6 Å². The lowest BCUT2D eigenvalue weighted by molar-refractivity contribution is 0.471. The van der Waals surface area contributed by atoms with Crippen molar-refractivity contribution < 1.29 is 21.2 Å². The molecule has 2 rings (SSSR count). The number of rotatable bonds is 5. The molecule has 3 N–H and O–H groups in total. The third kappa shape index (κ3) is 3.57. The molecule has 1 aromatic rings. The van der Waals surface area contributed by atoms with E-state index in [4.69, 9.17) is 5.73 Å². The fraction of sp³-hybridized carbons (Fsp3) is 0.500. The molecule has 10 heteroatoms. The first-order valence-corrected chi connectivity index (χ1v) is 9.80. The minimum absolute atomic E-state index is 0.189. The van der Waals surface area contributed by atoms with Gasteiger partial charge in [-0.15, -0.1) is 0 Å². The lowest BCUT2D eigenvalue weighted by Crippen LogP contribution is -2.32. The summed E-state index contributed by atoms with van der Waals surface area (Å²) < 4.78 is 64.8. The molecule has 22 heavy (non-hydrogen) atoms. The molecule has 1 saturated heterocycles. The van der Waals surface area contributed by atoms with Gasteiger partial charge < -0.3 is 5.73 Å². The Balaban J connectivity index is 2.29. The molecule has 124 valence electrons. The van der Waals surface area contributed by atoms with Crippen molar-refractivity contribution in [2.24, 2.45) is 5.73 Å². The minimum atomic E-state index is -3.82. The molecule has 0 bridgehead atoms. The number of nitrogens with zero attached hydrogens (tertiary/aromatic N) is 1. The Morgan fingerprint density at radius 1 is 1.36 bits per heavy atom. The van der Waals surface area contributed by atoms with Crippen molar-refractivity contribution in [1.29, 1.82) is 0 Å². The van der Waals surface area contributed by atoms with Crippen molar-refractivity contribution in [2.45, 2.75) is 24.3 Å². The van der Waals surface area contributed by atoms with Crippen molar-refractivity contribution >= 4 is 25.7 Å². The Hall–Kier alpha value is -1.23. The van der Waals surface area contributed by atoms with Gasteiger partial charge in [0.25, 0.3) is 0 Å². The second-order valence-corrected chi connectivity index (χ2v) is 9.01. The largest absolute Gasteiger partial charge is 0.326 e. The zero-order valence-electron chi connectivity index (χ0n) is 12.0. The fourth-order valence-electron chi connectivity index (χ4n) is 2.10. The van der Waals surface area contributed by atoms with Crippen LogP contribution in [0.4, 0.5) is 10.1 Å². The first-order valence-electron chi connectivity index (χ1n) is 6.71. The van der Waals surface area contributed by atoms with Crippen LogP contribution in [0.5, 0.6) is 0 Å². The van der Waals surface area contributed by atoms with E-state index >= 15 is 0 Å². The summed E-state index contributed by atoms with van der Waals surface area (Å²) >= 11 is 0. The van der Waals surface area contributed by atoms with Gasteiger partial charge in [-0.05, 0) is 31.5 Å². The van der Waals surface area contributed by atoms with Gasteiger partial charge in [0.2, 0.25) is 20.0 Å². The average Bonchev–Trinajstić information content (AvgIpc) is 2.88. The van der Waals surface area contributed by atoms with E-state index in [0.717, 1.165) is 12.1 Å². The lowest BCUT2D eigenvalue weighted by atomic mass is 10.3. The van der Waals surface area contributed by atoms with Crippen LogP contribution in [0.2, 0.25) is 0 Å². The van der Waals surface area contributed by atoms with Crippen molar-refractivity contribution in [1.82, 2.24) is 4.31 Å². The van der Waals surface area contributed by atoms with Gasteiger partial charge in [0.05, 0.1) is 16.3 Å². The van der Waals surface area contributed by atoms with E-state index in [-0.39, 0.29) is 35.5 Å². The predicted molar refractivity (Wildman–Crippen MR) is 80.8 cm³/mol. The highest BCUT2D eigenvalue weighted by Gasteiger charge is 2.31. The molecule has 1 fully saturated rings. The minimum Gasteiger partial charge on any atom is -0.326 e. The molecule has 0 saturated carbocycles. The average molecular weight is 351 g/mol. The Morgan fingerprint density at radius 2 is 2.05 bits per heavy atom. The Labute approximate surface area is 129 Å². The van der Waals surface area contributed by atoms with Crippen LogP contribution >= 0.6 is 0 Å². The number of nitrogens with two attached hydrogens (primary N) is 1. The molecular weight excluding hydrogens is 333 g/mol. The van der Waals surface area contributed by atoms with E-state index in [1.807, 2.05) is 0 Å². The van der Waals surface area contributed by atoms with Gasteiger partial charge in [0.1, 0.15) is 5.82 Å². The third-order valence-electron chi connectivity index (χ3n) is 3.41. The van der Waals surface area contributed by atoms with Crippen LogP contribution in [-0.2, 0) is 20.0 Å². The molecule has 1 aliphatic rings. The van der Waals surface area contributed by atoms with Crippen LogP contribution in [0.25, 0.3) is 0 Å². The zero-order valence-corrected chi connectivity index (χ0v) is 13.6. The van der Waals surface area contributed by atoms with Gasteiger partial charge in [0, 0.05) is 19.1 Å². The summed E-state index contributed by atoms with van der Waals surface area (Å²) in [5.41, 5.74) is 5.40. The fourth-order valence-corrected chi connectivity index (χ4v) is 4.27. The number of sulfonamides is 2. The Bertz CT molecular complexity index is 765. The molecule has 0 spiro atoms. The number of anilines is 1. The van der Waals surface area contributed by atoms with Crippen LogP contribution < -0.4 is 10.5 Å². The standard InChI is InChI=1S/C12H18FN3O4S2/c1-2-21(17,18)15-12-4-3-10(7-11(12)13)22(19,20)16-6-5-9(14)8-16/h3-4,7,9,15H,2,5-6,8,14H2,1H3/t9-/m1/s1. The lowest BCUT2D eigenvalue weighted by Gasteiger charge is -2.16. The van der Waals surface area contributed by atoms with E-state index < -0.39 is 25.9 Å². The maximum Gasteiger partial charge on any atom is 0.243 e. The number of hydrogen-bond acceptors (Lipinski definition) is 5. The van der Waals surface area contributed by atoms with Gasteiger partial charge in [-0.1, -0.05) is 0 Å². The SMILES string of the molecule is CCS(=O)(=O)Nc1ccc(S(=O)(=O)N2CC[C@@H](N)C2)cc1F. The van der Waals surface area contributed by atoms with E-state index in [2.05, 4.69) is 4.72 Å². The molecular formula is C12H18FN3O4S2. The summed E-state index contributed by atoms with van der Waals surface area (Å²) in [4.78, 5) is -0.224. The molecule has 1 heterocycles. The van der Waals surface area contributed by atoms with E-state index in [1.165, 1.54) is 17.3 Å². The van der Waals surface area contributed by atoms with E-state index in [0.29, 0.717) is 6.42 Å². The Kier molecular flexibility index (Phi) is 4.76. The van der Waals surface area contributed by atoms with E-state index in [1.54, 1.807) is 0 Å². The summed E-state index contributed by atoms with van der Waals surface area (Å²) in [6.45, 7) is 1.89. The zero-order chi connectivity index (χ0) is 16.5. The van der Waals surface area contributed by atoms with Crippen molar-refractivity contribution in [3.8, 4) is 0 Å². The normalized spacial score (nSPS) is 20.2. The molecule has 0 amide bonds. The van der Waals surface area contributed by atoms with Crippen LogP contribution in [0.1, 0.15) is 13.3 Å². The molecule has 1 atom stereocenters. The number of benzene rings is 1. The summed E-state index contributed by atoms with van der Waals surface area (Å²) in [7, 11) is -7.46. The quantitative estimate of drug-likeness (QED) is 0.793. The smallest absolute Gasteiger partial charge is 0.243 e. The van der Waals surface area contributed by atoms with Crippen molar-refractivity contribution in [3.05, 3.63) is 24.0 Å². The van der Waals surface area contributed by atoms with Gasteiger partial charge in [0.15, 0.2) is 0 Å². The molecule has 0 radical (unpaired) electrons. The summed E-state index contributed by atoms with van der Waals surface area (Å²) in [6.07, 6.45) is 0.552. The molecule has 0 aromatic heterocycles. The van der Waals surface area contributed by atoms with Crippen LogP contribution in [-0.4, -0.2) is 46.0 Å². The summed E-state index contributed by atoms with van der Waals surface area (Å²) in [5.74, 6) is -1.15. The molecule has 1 aliphatic heterocycles. The monoisotopic (exact) mass is 351 g/mol. The van der Waals surface area contributed by atoms with Gasteiger partial charge in [-0.25, -0.2) is 21.2 Å². The maximum absolute atomic E-state index is 14.0. The summed E-state index contributed by atoms with van der Waals surface area (Å²) in [5, 5.41) is 0. The number of nitrogens with one attached hydrogen (secondary N) is 1. The van der Waals surface area contributed by atoms with E-state index in [9.17, 15) is 21.2 Å². The maximum atomic E-state index is 14.0. The van der Waals surface area contributed by atoms with Gasteiger partial charge >= 0.3 is 0 Å². The molecule has 1 aromatic carbocycles. The highest BCUT2D eigenvalue weighted by atomic mass is 32.2. The molecule has 7 nitrogen and oxygen atoms in total. The second-order valence-electron chi connectivity index (χ2n) is 5.06. The third-order valence-corrected chi connectivity index (χ3v) is 6.56. The highest BCUT2D eigenvalue weighted by molar-refractivity contribution is 7.92. The number of halogens is 1. The van der Waals surface area contributed by atoms with Crippen molar-refractivity contribution in [3.63, 3.8) is 0 Å². The molecule has 0 aliphatic carbocycles. The second kappa shape index (κ2) is 6.11. The van der Waals surface area contributed by atoms with Crippen LogP contribution in [0, 0.1) is 5.82 Å². The Morgan fingerprint density at radius 3 is 2.55 bits per heavy atom. The van der Waals surface area contributed by atoms with Crippen LogP contribution in [0.3, 0.4) is 0 Å².